The van der Waals surface area contributed by atoms with E-state index in [4.69, 9.17) is 4.98 Å². The van der Waals surface area contributed by atoms with Crippen molar-refractivity contribution in [3.63, 3.8) is 0 Å². The summed E-state index contributed by atoms with van der Waals surface area (Å²) in [5.74, 6) is -0.0992. The molecular formula is C25H21CmN6O3-. The number of carboxylic acids is 1. The minimum absolute atomic E-state index is 0. The van der Waals surface area contributed by atoms with Crippen molar-refractivity contribution >= 4 is 17.7 Å². The van der Waals surface area contributed by atoms with Gasteiger partial charge in [-0.2, -0.15) is 0 Å². The van der Waals surface area contributed by atoms with Crippen LogP contribution in [0.3, 0.4) is 0 Å². The second kappa shape index (κ2) is 8.51. The maximum atomic E-state index is 13.3. The van der Waals surface area contributed by atoms with E-state index in [0.717, 1.165) is 5.56 Å². The Hall–Kier alpha value is -5.40. The Morgan fingerprint density at radius 3 is 2.69 bits per heavy atom. The number of hydrogen-bond acceptors (Lipinski definition) is 6. The molecule has 0 bridgehead atoms. The maximum Gasteiger partial charge on any atom is 0.259 e. The molecule has 0 aliphatic carbocycles. The van der Waals surface area contributed by atoms with Gasteiger partial charge in [-0.1, -0.05) is 35.4 Å². The zero-order valence-corrected chi connectivity index (χ0v) is 22.1. The number of benzene rings is 1. The Kier molecular flexibility index (Phi) is 5.54. The van der Waals surface area contributed by atoms with Crippen LogP contribution in [-0.2, 0) is 6.54 Å². The monoisotopic (exact) mass is 696 g/mol. The van der Waals surface area contributed by atoms with E-state index in [9.17, 15) is 14.7 Å². The van der Waals surface area contributed by atoms with Gasteiger partial charge < -0.3 is 14.5 Å². The Balaban J connectivity index is 0.00000289. The fourth-order valence-corrected chi connectivity index (χ4v) is 4.00. The third-order valence-electron chi connectivity index (χ3n) is 5.68. The van der Waals surface area contributed by atoms with Gasteiger partial charge in [0.25, 0.3) is 5.91 Å². The molecule has 35 heavy (non-hydrogen) atoms. The van der Waals surface area contributed by atoms with Crippen molar-refractivity contribution < 1.29 is 14.7 Å². The number of pyridine rings is 2. The molecule has 0 fully saturated rings. The number of aromatic carboxylic acids is 1. The van der Waals surface area contributed by atoms with E-state index in [1.54, 1.807) is 30.3 Å². The summed E-state index contributed by atoms with van der Waals surface area (Å²) < 4.78 is 1.93. The quantitative estimate of drug-likeness (QED) is 0.314. The maximum absolute atomic E-state index is 13.3. The van der Waals surface area contributed by atoms with Crippen LogP contribution in [0.5, 0.6) is 0 Å². The molecule has 4 aromatic rings. The molecule has 0 radical (unpaired) electrons. The number of amides is 1. The molecule has 1 N–H and O–H groups in total. The van der Waals surface area contributed by atoms with Crippen molar-refractivity contribution in [2.24, 2.45) is 0 Å². The molecule has 0 spiro atoms. The third kappa shape index (κ3) is 3.95. The van der Waals surface area contributed by atoms with Gasteiger partial charge in [-0.25, -0.2) is 4.98 Å². The zero-order valence-electron chi connectivity index (χ0n) is 19.2. The number of anilines is 1. The number of carboxylic acid groups (broad SMARTS) is 1. The van der Waals surface area contributed by atoms with E-state index in [2.05, 4.69) is 21.2 Å². The molecule has 178 valence electrons. The van der Waals surface area contributed by atoms with Crippen LogP contribution in [0.1, 0.15) is 51.9 Å². The predicted octanol–water partition coefficient (Wildman–Crippen LogP) is 3.95. The van der Waals surface area contributed by atoms with Crippen molar-refractivity contribution in [3.8, 4) is 22.8 Å². The van der Waals surface area contributed by atoms with Gasteiger partial charge >= 0.3 is 0 Å². The molecule has 1 aliphatic rings. The number of fused-ring (bicyclic) bond motifs is 1. The van der Waals surface area contributed by atoms with E-state index in [1.165, 1.54) is 6.07 Å². The molecule has 1 aliphatic heterocycles. The van der Waals surface area contributed by atoms with E-state index < -0.39 is 5.97 Å². The molecule has 5 rings (SSSR count). The largest absolute Gasteiger partial charge is 0.521 e. The summed E-state index contributed by atoms with van der Waals surface area (Å²) in [7, 11) is 0. The summed E-state index contributed by atoms with van der Waals surface area (Å²) in [6.07, 6.45) is 1.67. The van der Waals surface area contributed by atoms with Gasteiger partial charge in [0.2, 0.25) is 5.97 Å². The van der Waals surface area contributed by atoms with Crippen molar-refractivity contribution in [1.82, 2.24) is 24.7 Å². The van der Waals surface area contributed by atoms with Crippen molar-refractivity contribution in [3.05, 3.63) is 77.2 Å². The normalized spacial score (nSPS) is 12.6. The third-order valence-corrected chi connectivity index (χ3v) is 5.68. The van der Waals surface area contributed by atoms with Gasteiger partial charge in [-0.3, -0.25) is 14.7 Å². The fraction of sp³-hybridized carbons (Fsp3) is 0.200. The van der Waals surface area contributed by atoms with Crippen LogP contribution in [0.2, 0.25) is 0 Å². The second-order valence-corrected chi connectivity index (χ2v) is 8.39. The average molecular weight is 700 g/mol. The molecule has 0 saturated heterocycles. The van der Waals surface area contributed by atoms with Crippen molar-refractivity contribution in [2.75, 3.05) is 4.90 Å². The number of nitrogens with zero attached hydrogens (tertiary/aromatic N) is 6. The Labute approximate surface area is 195 Å². The first-order chi connectivity index (χ1) is 16.3. The van der Waals surface area contributed by atoms with Gasteiger partial charge in [0.1, 0.15) is 17.8 Å². The summed E-state index contributed by atoms with van der Waals surface area (Å²) in [6.45, 7) is 6.18. The first-order valence-corrected chi connectivity index (χ1v) is 10.8. The summed E-state index contributed by atoms with van der Waals surface area (Å²) in [4.78, 5) is 35.4. The van der Waals surface area contributed by atoms with E-state index in [0.29, 0.717) is 46.4 Å². The predicted molar refractivity (Wildman–Crippen MR) is 124 cm³/mol. The number of aryl methyl sites for hydroxylation is 1. The zero-order chi connectivity index (χ0) is 24.0. The number of carbonyl (C=O) groups excluding carboxylic acids is 1. The Morgan fingerprint density at radius 2 is 1.94 bits per heavy atom. The van der Waals surface area contributed by atoms with E-state index in [1.807, 2.05) is 42.7 Å². The molecule has 3 aromatic heterocycles. The van der Waals surface area contributed by atoms with Crippen LogP contribution in [-0.4, -0.2) is 41.7 Å². The van der Waals surface area contributed by atoms with Gasteiger partial charge in [0.15, 0.2) is 5.82 Å². The van der Waals surface area contributed by atoms with Gasteiger partial charge in [-0.15, -0.1) is 22.3 Å². The van der Waals surface area contributed by atoms with Gasteiger partial charge in [0, 0.05) is 11.6 Å². The Bertz CT molecular complexity index is 1450. The first kappa shape index (κ1) is 22.8. The van der Waals surface area contributed by atoms with Crippen molar-refractivity contribution in [2.45, 2.75) is 33.4 Å². The average Bonchev–Trinajstić information content (AvgIpc) is 3.44. The summed E-state index contributed by atoms with van der Waals surface area (Å²) in [5, 5.41) is 17.5. The molecule has 1 aromatic carbocycles. The van der Waals surface area contributed by atoms with Crippen LogP contribution in [0.15, 0.2) is 48.8 Å². The minimum Gasteiger partial charge on any atom is -0.521 e. The smallest absolute Gasteiger partial charge is 0.259 e. The number of carbonyl (C=O) groups is 2. The molecule has 0 saturated carbocycles. The summed E-state index contributed by atoms with van der Waals surface area (Å²) in [5.41, 5.74) is 3.64. The molecule has 0 atom stereocenters. The minimum atomic E-state index is -1.07. The topological polar surface area (TPSA) is 114 Å². The molecule has 10 heteroatoms. The summed E-state index contributed by atoms with van der Waals surface area (Å²) in [6, 6.07) is 15.4. The van der Waals surface area contributed by atoms with Gasteiger partial charge in [0.05, 0.1) is 6.54 Å². The standard InChI is InChI=1S/C25H21N6O3.Cm/c1-14(2)31-13-26-29-23(31)20-5-4-6-22(28-20)30-12-17-8-7-16(10-19(17)24(30)32)21-11-18(25(33)34)9-15(3)27-21;/h4-10,13-14H,12H2,1-3H3,(H,33,34);/q-1;. The fourth-order valence-electron chi connectivity index (χ4n) is 4.00. The van der Waals surface area contributed by atoms with Crippen LogP contribution >= 0.6 is 0 Å². The number of hydrogen-bond donors (Lipinski definition) is 1. The SMILES string of the molecule is Cc1cc(C(=O)O)[c-]c(-c2ccc3c(c2)C(=O)N(c2cccc(-c4nncn4C(C)C)n2)C3)n1.[Cm]. The first-order valence-electron chi connectivity index (χ1n) is 10.8. The molecule has 4 heterocycles. The van der Waals surface area contributed by atoms with E-state index in [-0.39, 0.29) is 17.5 Å². The summed E-state index contributed by atoms with van der Waals surface area (Å²) >= 11 is 0. The van der Waals surface area contributed by atoms with E-state index >= 15 is 0 Å². The number of rotatable bonds is 5. The molecule has 9 nitrogen and oxygen atoms in total. The molecule has 1 amide bonds. The van der Waals surface area contributed by atoms with Crippen LogP contribution in [0, 0.1) is 13.0 Å². The number of aromatic nitrogens is 5. The van der Waals surface area contributed by atoms with Crippen LogP contribution in [0.25, 0.3) is 22.8 Å². The van der Waals surface area contributed by atoms with Gasteiger partial charge in [-0.05, 0) is 49.9 Å². The van der Waals surface area contributed by atoms with Crippen molar-refractivity contribution in [1.29, 1.82) is 0 Å². The second-order valence-electron chi connectivity index (χ2n) is 8.39. The Morgan fingerprint density at radius 1 is 1.14 bits per heavy atom. The van der Waals surface area contributed by atoms with Crippen LogP contribution < -0.4 is 4.90 Å². The molecular weight excluding hydrogens is 679 g/mol. The molecule has 0 unspecified atom stereocenters. The van der Waals surface area contributed by atoms with Crippen LogP contribution in [0.4, 0.5) is 5.82 Å².